The van der Waals surface area contributed by atoms with Crippen LogP contribution in [0.1, 0.15) is 6.92 Å². The Morgan fingerprint density at radius 2 is 2.06 bits per heavy atom. The van der Waals surface area contributed by atoms with Crippen LogP contribution >= 0.6 is 31.9 Å². The van der Waals surface area contributed by atoms with Gasteiger partial charge in [-0.15, -0.1) is 0 Å². The standard InChI is InChI=1S/C11H12Br2N4O/c1-6(18)16-7-4-8(12)10(9(13)5-7)17-11-14-2-3-15-11/h4-5H,2-3H2,1H3,(H,16,18)(H2,14,15,17). The van der Waals surface area contributed by atoms with E-state index >= 15 is 0 Å². The van der Waals surface area contributed by atoms with Crippen LogP contribution in [0.3, 0.4) is 0 Å². The number of carbonyl (C=O) groups is 1. The Kier molecular flexibility index (Phi) is 4.23. The lowest BCUT2D eigenvalue weighted by Crippen LogP contribution is -2.26. The van der Waals surface area contributed by atoms with E-state index in [2.05, 4.69) is 52.8 Å². The molecule has 2 rings (SSSR count). The third-order valence-corrected chi connectivity index (χ3v) is 3.53. The van der Waals surface area contributed by atoms with Crippen LogP contribution in [0.2, 0.25) is 0 Å². The van der Waals surface area contributed by atoms with Gasteiger partial charge in [0.25, 0.3) is 0 Å². The van der Waals surface area contributed by atoms with Gasteiger partial charge in [-0.1, -0.05) is 0 Å². The van der Waals surface area contributed by atoms with E-state index in [9.17, 15) is 4.79 Å². The second kappa shape index (κ2) is 5.71. The monoisotopic (exact) mass is 374 g/mol. The first-order chi connectivity index (χ1) is 8.56. The van der Waals surface area contributed by atoms with Crippen LogP contribution in [0.4, 0.5) is 11.4 Å². The van der Waals surface area contributed by atoms with E-state index in [1.54, 1.807) is 0 Å². The van der Waals surface area contributed by atoms with Gasteiger partial charge >= 0.3 is 0 Å². The van der Waals surface area contributed by atoms with Crippen LogP contribution in [0, 0.1) is 0 Å². The van der Waals surface area contributed by atoms with Gasteiger partial charge in [-0.3, -0.25) is 9.79 Å². The first-order valence-corrected chi connectivity index (χ1v) is 6.97. The molecule has 0 aliphatic carbocycles. The number of aliphatic imine (C=N–C) groups is 1. The molecule has 96 valence electrons. The molecule has 0 aromatic heterocycles. The Hall–Kier alpha value is -1.08. The van der Waals surface area contributed by atoms with E-state index in [-0.39, 0.29) is 5.91 Å². The van der Waals surface area contributed by atoms with Gasteiger partial charge in [-0.2, -0.15) is 0 Å². The first kappa shape index (κ1) is 13.4. The topological polar surface area (TPSA) is 65.5 Å². The van der Waals surface area contributed by atoms with Gasteiger partial charge in [0.15, 0.2) is 5.96 Å². The molecule has 5 nitrogen and oxygen atoms in total. The molecule has 1 heterocycles. The lowest BCUT2D eigenvalue weighted by Gasteiger charge is -2.13. The summed E-state index contributed by atoms with van der Waals surface area (Å²) >= 11 is 6.94. The fourth-order valence-electron chi connectivity index (χ4n) is 1.57. The summed E-state index contributed by atoms with van der Waals surface area (Å²) < 4.78 is 1.69. The van der Waals surface area contributed by atoms with Gasteiger partial charge < -0.3 is 16.0 Å². The minimum atomic E-state index is -0.101. The minimum Gasteiger partial charge on any atom is -0.354 e. The van der Waals surface area contributed by atoms with E-state index in [1.165, 1.54) is 6.92 Å². The molecule has 3 N–H and O–H groups in total. The highest BCUT2D eigenvalue weighted by Crippen LogP contribution is 2.34. The summed E-state index contributed by atoms with van der Waals surface area (Å²) in [6.07, 6.45) is 0. The number of anilines is 2. The maximum atomic E-state index is 11.0. The summed E-state index contributed by atoms with van der Waals surface area (Å²) in [5.74, 6) is 0.653. The van der Waals surface area contributed by atoms with E-state index in [1.807, 2.05) is 12.1 Å². The van der Waals surface area contributed by atoms with E-state index in [4.69, 9.17) is 0 Å². The second-order valence-corrected chi connectivity index (χ2v) is 5.49. The summed E-state index contributed by atoms with van der Waals surface area (Å²) in [7, 11) is 0. The number of rotatable bonds is 2. The number of guanidine groups is 1. The molecular formula is C11H12Br2N4O. The summed E-state index contributed by atoms with van der Waals surface area (Å²) in [5, 5.41) is 9.06. The maximum absolute atomic E-state index is 11.0. The lowest BCUT2D eigenvalue weighted by molar-refractivity contribution is -0.114. The molecule has 0 atom stereocenters. The number of benzene rings is 1. The third kappa shape index (κ3) is 3.23. The Bertz CT molecular complexity index is 493. The Labute approximate surface area is 122 Å². The highest BCUT2D eigenvalue weighted by molar-refractivity contribution is 9.11. The van der Waals surface area contributed by atoms with Gasteiger partial charge in [0.1, 0.15) is 0 Å². The average Bonchev–Trinajstić information content (AvgIpc) is 2.75. The van der Waals surface area contributed by atoms with Crippen LogP contribution in [0.5, 0.6) is 0 Å². The Morgan fingerprint density at radius 1 is 1.39 bits per heavy atom. The minimum absolute atomic E-state index is 0.101. The molecule has 0 unspecified atom stereocenters. The molecule has 0 saturated heterocycles. The number of hydrogen-bond acceptors (Lipinski definition) is 4. The molecule has 1 aliphatic rings. The predicted molar refractivity (Wildman–Crippen MR) is 80.1 cm³/mol. The molecule has 1 aliphatic heterocycles. The van der Waals surface area contributed by atoms with E-state index < -0.39 is 0 Å². The zero-order chi connectivity index (χ0) is 13.1. The van der Waals surface area contributed by atoms with E-state index in [0.29, 0.717) is 0 Å². The van der Waals surface area contributed by atoms with Crippen LogP contribution in [-0.4, -0.2) is 25.0 Å². The highest BCUT2D eigenvalue weighted by Gasteiger charge is 2.12. The number of carbonyl (C=O) groups excluding carboxylic acids is 1. The van der Waals surface area contributed by atoms with Crippen LogP contribution in [0.25, 0.3) is 0 Å². The summed E-state index contributed by atoms with van der Waals surface area (Å²) in [4.78, 5) is 15.3. The lowest BCUT2D eigenvalue weighted by atomic mass is 10.2. The smallest absolute Gasteiger partial charge is 0.221 e. The van der Waals surface area contributed by atoms with Crippen molar-refractivity contribution >= 4 is 55.1 Å². The molecule has 0 fully saturated rings. The molecule has 7 heteroatoms. The fourth-order valence-corrected chi connectivity index (χ4v) is 2.95. The molecule has 0 bridgehead atoms. The number of nitrogens with one attached hydrogen (secondary N) is 3. The molecule has 1 aromatic carbocycles. The zero-order valence-corrected chi connectivity index (χ0v) is 12.9. The second-order valence-electron chi connectivity index (χ2n) is 3.78. The summed E-state index contributed by atoms with van der Waals surface area (Å²) in [5.41, 5.74) is 1.60. The van der Waals surface area contributed by atoms with Crippen molar-refractivity contribution in [3.63, 3.8) is 0 Å². The van der Waals surface area contributed by atoms with Gasteiger partial charge in [0.2, 0.25) is 5.91 Å². The summed E-state index contributed by atoms with van der Waals surface area (Å²) in [6.45, 7) is 3.11. The van der Waals surface area contributed by atoms with Gasteiger partial charge in [0, 0.05) is 28.1 Å². The molecule has 1 aromatic rings. The molecule has 18 heavy (non-hydrogen) atoms. The van der Waals surface area contributed by atoms with Crippen molar-refractivity contribution in [2.24, 2.45) is 4.99 Å². The highest BCUT2D eigenvalue weighted by atomic mass is 79.9. The Morgan fingerprint density at radius 3 is 2.56 bits per heavy atom. The molecule has 0 radical (unpaired) electrons. The number of amides is 1. The van der Waals surface area contributed by atoms with Crippen LogP contribution in [0.15, 0.2) is 26.1 Å². The maximum Gasteiger partial charge on any atom is 0.221 e. The molecule has 1 amide bonds. The van der Waals surface area contributed by atoms with Crippen molar-refractivity contribution in [3.05, 3.63) is 21.1 Å². The first-order valence-electron chi connectivity index (χ1n) is 5.38. The quantitative estimate of drug-likeness (QED) is 0.744. The molecule has 0 saturated carbocycles. The number of halogens is 2. The Balaban J connectivity index is 2.23. The third-order valence-electron chi connectivity index (χ3n) is 2.28. The number of nitrogens with zero attached hydrogens (tertiary/aromatic N) is 1. The number of hydrogen-bond donors (Lipinski definition) is 3. The fraction of sp³-hybridized carbons (Fsp3) is 0.273. The van der Waals surface area contributed by atoms with Crippen LogP contribution < -0.4 is 16.0 Å². The normalized spacial score (nSPS) is 13.8. The van der Waals surface area contributed by atoms with Gasteiger partial charge in [0.05, 0.1) is 12.2 Å². The molecule has 0 spiro atoms. The SMILES string of the molecule is CC(=O)Nc1cc(Br)c(NC2=NCCN2)c(Br)c1. The zero-order valence-electron chi connectivity index (χ0n) is 9.68. The van der Waals surface area contributed by atoms with Crippen molar-refractivity contribution < 1.29 is 4.79 Å². The molecular weight excluding hydrogens is 364 g/mol. The van der Waals surface area contributed by atoms with Gasteiger partial charge in [-0.05, 0) is 44.0 Å². The van der Waals surface area contributed by atoms with Crippen molar-refractivity contribution in [1.29, 1.82) is 0 Å². The van der Waals surface area contributed by atoms with Crippen molar-refractivity contribution in [2.75, 3.05) is 23.7 Å². The van der Waals surface area contributed by atoms with Crippen molar-refractivity contribution in [2.45, 2.75) is 6.92 Å². The van der Waals surface area contributed by atoms with Crippen molar-refractivity contribution in [3.8, 4) is 0 Å². The van der Waals surface area contributed by atoms with Crippen molar-refractivity contribution in [1.82, 2.24) is 5.32 Å². The van der Waals surface area contributed by atoms with E-state index in [0.717, 1.165) is 39.4 Å². The predicted octanol–water partition coefficient (Wildman–Crippen LogP) is 2.54. The van der Waals surface area contributed by atoms with Gasteiger partial charge in [-0.25, -0.2) is 0 Å². The van der Waals surface area contributed by atoms with Crippen LogP contribution in [-0.2, 0) is 4.79 Å². The average molecular weight is 376 g/mol. The summed E-state index contributed by atoms with van der Waals surface area (Å²) in [6, 6.07) is 3.67. The largest absolute Gasteiger partial charge is 0.354 e.